The molecule has 0 fully saturated rings. The molecule has 0 unspecified atom stereocenters. The van der Waals surface area contributed by atoms with Gasteiger partial charge >= 0.3 is 0 Å². The Morgan fingerprint density at radius 2 is 0.797 bits per heavy atom. The summed E-state index contributed by atoms with van der Waals surface area (Å²) in [5, 5.41) is 15.3. The van der Waals surface area contributed by atoms with Crippen LogP contribution in [0.4, 0.5) is 0 Å². The van der Waals surface area contributed by atoms with Gasteiger partial charge in [0.25, 0.3) is 0 Å². The lowest BCUT2D eigenvalue weighted by Crippen LogP contribution is -2.78. The summed E-state index contributed by atoms with van der Waals surface area (Å²) in [6, 6.07) is 90.0. The Balaban J connectivity index is 1.19. The van der Waals surface area contributed by atoms with Crippen molar-refractivity contribution in [2.75, 3.05) is 0 Å². The van der Waals surface area contributed by atoms with Gasteiger partial charge < -0.3 is 0 Å². The van der Waals surface area contributed by atoms with E-state index in [0.717, 1.165) is 16.4 Å². The highest BCUT2D eigenvalue weighted by molar-refractivity contribution is 7.31. The summed E-state index contributed by atoms with van der Waals surface area (Å²) in [7, 11) is -6.27. The summed E-state index contributed by atoms with van der Waals surface area (Å²) in [4.78, 5) is 10.9. The molecule has 0 aliphatic rings. The van der Waals surface area contributed by atoms with Crippen molar-refractivity contribution < 1.29 is 0 Å². The minimum atomic E-state index is -3.21. The molecule has 0 saturated heterocycles. The highest BCUT2D eigenvalue weighted by Gasteiger charge is 2.47. The fraction of sp³-hybridized carbons (Fsp3) is 0. The zero-order valence-corrected chi connectivity index (χ0v) is 37.7. The second kappa shape index (κ2) is 15.7. The number of para-hydroxylation sites is 2. The number of nitrogens with zero attached hydrogens (tertiary/aromatic N) is 3. The predicted molar refractivity (Wildman–Crippen MR) is 276 cm³/mol. The fourth-order valence-corrected chi connectivity index (χ4v) is 21.8. The quantitative estimate of drug-likeness (QED) is 0.108. The van der Waals surface area contributed by atoms with Crippen LogP contribution in [0.15, 0.2) is 249 Å². The van der Waals surface area contributed by atoms with Gasteiger partial charge in [-0.25, -0.2) is 9.97 Å². The van der Waals surface area contributed by atoms with E-state index in [2.05, 4.69) is 247 Å². The molecule has 0 aliphatic heterocycles. The van der Waals surface area contributed by atoms with E-state index in [1.165, 1.54) is 67.3 Å². The molecule has 0 aliphatic carbocycles. The van der Waals surface area contributed by atoms with Crippen molar-refractivity contribution in [3.63, 3.8) is 0 Å². The molecule has 0 bridgehead atoms. The molecular formula is C58H41N3SSi2. The standard InChI is InChI=1S/C58H41N3SSi2/c1-5-21-42(22-6-1)63(43-23-7-2-8-24-43,55-38-20-34-51-50-33-15-18-37-54(50)62-57(51)55)46-29-19-30-47(41-46)64(44-25-9-3-10-26-44,45-27-11-4-12-28-45)56-39-40-59-58(60-56)61-52-35-16-13-31-48(52)49-32-14-17-36-53(49)61/h1-41H. The van der Waals surface area contributed by atoms with Gasteiger partial charge in [0, 0.05) is 42.5 Å². The predicted octanol–water partition coefficient (Wildman–Crippen LogP) is 8.70. The average molecular weight is 868 g/mol. The van der Waals surface area contributed by atoms with Crippen LogP contribution in [0.3, 0.4) is 0 Å². The van der Waals surface area contributed by atoms with Crippen LogP contribution in [0.1, 0.15) is 0 Å². The second-order valence-corrected chi connectivity index (χ2v) is 25.0. The Kier molecular flexibility index (Phi) is 9.37. The Labute approximate surface area is 378 Å². The molecule has 0 atom stereocenters. The van der Waals surface area contributed by atoms with Gasteiger partial charge in [0.1, 0.15) is 0 Å². The molecule has 3 aromatic heterocycles. The Bertz CT molecular complexity index is 3490. The molecular weight excluding hydrogens is 827 g/mol. The maximum Gasteiger partial charge on any atom is 0.234 e. The highest BCUT2D eigenvalue weighted by Crippen LogP contribution is 2.34. The first kappa shape index (κ1) is 38.2. The third-order valence-electron chi connectivity index (χ3n) is 13.2. The van der Waals surface area contributed by atoms with Crippen molar-refractivity contribution >= 4 is 111 Å². The lowest BCUT2D eigenvalue weighted by Gasteiger charge is -2.37. The minimum Gasteiger partial charge on any atom is -0.278 e. The normalized spacial score (nSPS) is 12.1. The summed E-state index contributed by atoms with van der Waals surface area (Å²) >= 11 is 1.93. The van der Waals surface area contributed by atoms with Crippen LogP contribution < -0.4 is 41.6 Å². The van der Waals surface area contributed by atoms with Gasteiger partial charge in [-0.2, -0.15) is 0 Å². The van der Waals surface area contributed by atoms with Crippen molar-refractivity contribution in [1.82, 2.24) is 14.5 Å². The van der Waals surface area contributed by atoms with E-state index in [1.54, 1.807) is 0 Å². The van der Waals surface area contributed by atoms with Crippen molar-refractivity contribution in [2.45, 2.75) is 0 Å². The van der Waals surface area contributed by atoms with Gasteiger partial charge in [0.2, 0.25) is 14.0 Å². The van der Waals surface area contributed by atoms with E-state index in [0.29, 0.717) is 5.95 Å². The topological polar surface area (TPSA) is 30.7 Å². The van der Waals surface area contributed by atoms with E-state index in [1.807, 2.05) is 17.5 Å². The number of thiophene rings is 1. The summed E-state index contributed by atoms with van der Waals surface area (Å²) in [6.45, 7) is 0. The first-order valence-electron chi connectivity index (χ1n) is 21.8. The Morgan fingerprint density at radius 3 is 1.38 bits per heavy atom. The van der Waals surface area contributed by atoms with Crippen LogP contribution in [-0.2, 0) is 0 Å². The molecule has 6 heteroatoms. The van der Waals surface area contributed by atoms with Crippen molar-refractivity contribution in [2.24, 2.45) is 0 Å². The third-order valence-corrected chi connectivity index (χ3v) is 24.0. The molecule has 9 aromatic carbocycles. The van der Waals surface area contributed by atoms with Gasteiger partial charge in [-0.15, -0.1) is 11.3 Å². The van der Waals surface area contributed by atoms with Crippen LogP contribution in [-0.4, -0.2) is 30.7 Å². The van der Waals surface area contributed by atoms with Crippen LogP contribution >= 0.6 is 11.3 Å². The Hall–Kier alpha value is -7.49. The summed E-state index contributed by atoms with van der Waals surface area (Å²) in [6.07, 6.45) is 1.98. The number of hydrogen-bond acceptors (Lipinski definition) is 3. The molecule has 0 amide bonds. The van der Waals surface area contributed by atoms with Crippen LogP contribution in [0.25, 0.3) is 47.9 Å². The van der Waals surface area contributed by atoms with Gasteiger partial charge in [-0.1, -0.05) is 218 Å². The maximum atomic E-state index is 5.78. The average Bonchev–Trinajstić information content (AvgIpc) is 3.93. The molecule has 3 nitrogen and oxygen atoms in total. The van der Waals surface area contributed by atoms with Crippen molar-refractivity contribution in [3.05, 3.63) is 249 Å². The molecule has 0 radical (unpaired) electrons. The molecule has 0 spiro atoms. The molecule has 64 heavy (non-hydrogen) atoms. The third kappa shape index (κ3) is 5.84. The lowest BCUT2D eigenvalue weighted by molar-refractivity contribution is 1.000. The van der Waals surface area contributed by atoms with Gasteiger partial charge in [0.15, 0.2) is 8.07 Å². The van der Waals surface area contributed by atoms with E-state index < -0.39 is 16.1 Å². The van der Waals surface area contributed by atoms with Crippen LogP contribution in [0, 0.1) is 0 Å². The molecule has 0 saturated carbocycles. The van der Waals surface area contributed by atoms with Crippen LogP contribution in [0.2, 0.25) is 0 Å². The summed E-state index contributed by atoms with van der Waals surface area (Å²) in [5.41, 5.74) is 2.18. The van der Waals surface area contributed by atoms with Crippen LogP contribution in [0.5, 0.6) is 0 Å². The number of aromatic nitrogens is 3. The highest BCUT2D eigenvalue weighted by atomic mass is 32.1. The smallest absolute Gasteiger partial charge is 0.234 e. The van der Waals surface area contributed by atoms with E-state index in [9.17, 15) is 0 Å². The largest absolute Gasteiger partial charge is 0.278 e. The van der Waals surface area contributed by atoms with Gasteiger partial charge in [0.05, 0.1) is 11.0 Å². The molecule has 12 aromatic rings. The summed E-state index contributed by atoms with van der Waals surface area (Å²) in [5.74, 6) is 0.670. The van der Waals surface area contributed by atoms with Gasteiger partial charge in [-0.05, 0) is 60.6 Å². The zero-order chi connectivity index (χ0) is 42.5. The summed E-state index contributed by atoms with van der Waals surface area (Å²) < 4.78 is 4.91. The number of fused-ring (bicyclic) bond motifs is 6. The lowest BCUT2D eigenvalue weighted by atomic mass is 10.1. The maximum absolute atomic E-state index is 5.78. The molecule has 302 valence electrons. The SMILES string of the molecule is c1ccc([Si](c2ccccc2)(c2cccc([Si](c3ccccc3)(c3ccccc3)c3cccc4c3sc3ccccc34)c2)c2ccnc(-n3c4ccccc4c4ccccc43)n2)cc1. The second-order valence-electron chi connectivity index (χ2n) is 16.4. The van der Waals surface area contributed by atoms with E-state index in [4.69, 9.17) is 9.97 Å². The molecule has 3 heterocycles. The monoisotopic (exact) mass is 867 g/mol. The minimum absolute atomic E-state index is 0.670. The molecule has 0 N–H and O–H groups in total. The zero-order valence-electron chi connectivity index (χ0n) is 34.9. The van der Waals surface area contributed by atoms with Crippen molar-refractivity contribution in [3.8, 4) is 5.95 Å². The first-order chi connectivity index (χ1) is 31.8. The first-order valence-corrected chi connectivity index (χ1v) is 26.6. The van der Waals surface area contributed by atoms with E-state index in [-0.39, 0.29) is 0 Å². The van der Waals surface area contributed by atoms with E-state index >= 15 is 0 Å². The number of hydrogen-bond donors (Lipinski definition) is 0. The number of rotatable bonds is 9. The van der Waals surface area contributed by atoms with Crippen molar-refractivity contribution in [1.29, 1.82) is 0 Å². The number of benzene rings is 9. The van der Waals surface area contributed by atoms with Gasteiger partial charge in [-0.3, -0.25) is 4.57 Å². The Morgan fingerprint density at radius 1 is 0.359 bits per heavy atom. The fourth-order valence-electron chi connectivity index (χ4n) is 10.5. The molecule has 12 rings (SSSR count).